The number of aliphatic hydroxyl groups excluding tert-OH is 1. The molecule has 35 heavy (non-hydrogen) atoms. The summed E-state index contributed by atoms with van der Waals surface area (Å²) < 4.78 is 0. The quantitative estimate of drug-likeness (QED) is 0.369. The Hall–Kier alpha value is -0.120. The van der Waals surface area contributed by atoms with Crippen LogP contribution in [0.1, 0.15) is 136 Å². The average molecular weight is 490 g/mol. The number of likely N-dealkylation sites (tertiary alicyclic amines) is 1. The molecule has 0 aromatic rings. The van der Waals surface area contributed by atoms with Crippen LogP contribution < -0.4 is 0 Å². The molecule has 4 rings (SSSR count). The van der Waals surface area contributed by atoms with E-state index in [4.69, 9.17) is 0 Å². The third kappa shape index (κ3) is 7.05. The van der Waals surface area contributed by atoms with Crippen LogP contribution in [-0.4, -0.2) is 46.5 Å². The molecule has 0 radical (unpaired) electrons. The van der Waals surface area contributed by atoms with Crippen molar-refractivity contribution in [3.63, 3.8) is 0 Å². The molecule has 1 heterocycles. The topological polar surface area (TPSA) is 43.7 Å². The van der Waals surface area contributed by atoms with Gasteiger partial charge in [0.1, 0.15) is 0 Å². The van der Waals surface area contributed by atoms with E-state index in [0.29, 0.717) is 29.1 Å². The van der Waals surface area contributed by atoms with Crippen molar-refractivity contribution in [2.75, 3.05) is 19.6 Å². The second-order valence-electron chi connectivity index (χ2n) is 14.4. The summed E-state index contributed by atoms with van der Waals surface area (Å²) in [7, 11) is 0. The van der Waals surface area contributed by atoms with Gasteiger partial charge in [-0.25, -0.2) is 0 Å². The molecule has 0 unspecified atom stereocenters. The lowest BCUT2D eigenvalue weighted by molar-refractivity contribution is -0.145. The summed E-state index contributed by atoms with van der Waals surface area (Å²) in [5, 5.41) is 23.3. The highest BCUT2D eigenvalue weighted by Gasteiger charge is 2.49. The summed E-state index contributed by atoms with van der Waals surface area (Å²) in [5.41, 5.74) is 0.0250. The molecule has 1 aliphatic heterocycles. The van der Waals surface area contributed by atoms with Crippen molar-refractivity contribution >= 4 is 0 Å². The summed E-state index contributed by atoms with van der Waals surface area (Å²) >= 11 is 0. The van der Waals surface area contributed by atoms with Crippen LogP contribution in [0.4, 0.5) is 0 Å². The first-order valence-electron chi connectivity index (χ1n) is 15.9. The van der Waals surface area contributed by atoms with Crippen LogP contribution in [-0.2, 0) is 0 Å². The van der Waals surface area contributed by atoms with Crippen molar-refractivity contribution in [1.29, 1.82) is 0 Å². The number of piperidine rings is 1. The van der Waals surface area contributed by atoms with Gasteiger partial charge in [0, 0.05) is 0 Å². The van der Waals surface area contributed by atoms with E-state index in [9.17, 15) is 10.2 Å². The first-order valence-corrected chi connectivity index (χ1v) is 15.9. The Morgan fingerprint density at radius 3 is 1.63 bits per heavy atom. The molecule has 3 nitrogen and oxygen atoms in total. The number of nitrogens with zero attached hydrogens (tertiary/aromatic N) is 1. The lowest BCUT2D eigenvalue weighted by Crippen LogP contribution is -2.55. The second kappa shape index (κ2) is 12.6. The van der Waals surface area contributed by atoms with E-state index in [-0.39, 0.29) is 6.10 Å². The maximum absolute atomic E-state index is 12.4. The normalized spacial score (nSPS) is 30.4. The zero-order chi connectivity index (χ0) is 24.9. The van der Waals surface area contributed by atoms with E-state index in [1.54, 1.807) is 0 Å². The van der Waals surface area contributed by atoms with Gasteiger partial charge in [0.05, 0.1) is 11.7 Å². The second-order valence-corrected chi connectivity index (χ2v) is 14.4. The molecule has 0 spiro atoms. The van der Waals surface area contributed by atoms with Crippen molar-refractivity contribution in [2.45, 2.75) is 148 Å². The van der Waals surface area contributed by atoms with Gasteiger partial charge in [-0.15, -0.1) is 0 Å². The minimum Gasteiger partial charge on any atom is -0.393 e. The molecule has 4 aliphatic rings. The highest BCUT2D eigenvalue weighted by Crippen LogP contribution is 2.49. The molecule has 0 amide bonds. The molecule has 3 saturated carbocycles. The van der Waals surface area contributed by atoms with E-state index < -0.39 is 5.60 Å². The van der Waals surface area contributed by atoms with Crippen molar-refractivity contribution in [2.24, 2.45) is 35.0 Å². The molecule has 204 valence electrons. The lowest BCUT2D eigenvalue weighted by Gasteiger charge is -2.52. The number of hydrogen-bond donors (Lipinski definition) is 2. The van der Waals surface area contributed by atoms with Crippen LogP contribution in [0.2, 0.25) is 0 Å². The zero-order valence-corrected chi connectivity index (χ0v) is 23.7. The first-order chi connectivity index (χ1) is 16.8. The van der Waals surface area contributed by atoms with Gasteiger partial charge < -0.3 is 15.1 Å². The first kappa shape index (κ1) is 27.9. The van der Waals surface area contributed by atoms with Gasteiger partial charge in [-0.1, -0.05) is 59.3 Å². The van der Waals surface area contributed by atoms with Crippen molar-refractivity contribution in [1.82, 2.24) is 4.90 Å². The van der Waals surface area contributed by atoms with Gasteiger partial charge in [-0.3, -0.25) is 0 Å². The van der Waals surface area contributed by atoms with Gasteiger partial charge in [0.2, 0.25) is 0 Å². The molecule has 2 N–H and O–H groups in total. The van der Waals surface area contributed by atoms with Gasteiger partial charge in [0.15, 0.2) is 0 Å². The largest absolute Gasteiger partial charge is 0.393 e. The predicted molar refractivity (Wildman–Crippen MR) is 147 cm³/mol. The molecular weight excluding hydrogens is 430 g/mol. The number of rotatable bonds is 8. The Bertz CT molecular complexity index is 582. The molecule has 1 saturated heterocycles. The average Bonchev–Trinajstić information content (AvgIpc) is 2.89. The van der Waals surface area contributed by atoms with Crippen LogP contribution >= 0.6 is 0 Å². The Morgan fingerprint density at radius 2 is 1.14 bits per heavy atom. The van der Waals surface area contributed by atoms with E-state index in [0.717, 1.165) is 38.4 Å². The third-order valence-electron chi connectivity index (χ3n) is 11.3. The van der Waals surface area contributed by atoms with Crippen LogP contribution in [0.25, 0.3) is 0 Å². The minimum atomic E-state index is -0.394. The van der Waals surface area contributed by atoms with E-state index in [1.807, 2.05) is 0 Å². The smallest absolute Gasteiger partial charge is 0.0732 e. The maximum Gasteiger partial charge on any atom is 0.0732 e. The predicted octanol–water partition coefficient (Wildman–Crippen LogP) is 7.58. The van der Waals surface area contributed by atoms with Crippen molar-refractivity contribution in [3.8, 4) is 0 Å². The number of aliphatic hydroxyl groups is 2. The SMILES string of the molecule is CC(C)(C)C1CCC([C@H](O)CCCN2CCC(C(O)(C3CCCCC3)C3CCCCC3)CC2)CC1. The highest BCUT2D eigenvalue weighted by atomic mass is 16.3. The molecule has 0 bridgehead atoms. The van der Waals surface area contributed by atoms with Gasteiger partial charge in [0.25, 0.3) is 0 Å². The molecular formula is C32H59NO2. The fourth-order valence-corrected chi connectivity index (χ4v) is 8.88. The van der Waals surface area contributed by atoms with E-state index in [1.165, 1.54) is 103 Å². The van der Waals surface area contributed by atoms with Gasteiger partial charge in [-0.05, 0) is 132 Å². The fourth-order valence-electron chi connectivity index (χ4n) is 8.88. The molecule has 4 fully saturated rings. The summed E-state index contributed by atoms with van der Waals surface area (Å²) in [6.07, 6.45) is 22.5. The van der Waals surface area contributed by atoms with Crippen LogP contribution in [0.3, 0.4) is 0 Å². The number of hydrogen-bond acceptors (Lipinski definition) is 3. The Kier molecular flexibility index (Phi) is 10.1. The van der Waals surface area contributed by atoms with Crippen LogP contribution in [0, 0.1) is 35.0 Å². The Balaban J connectivity index is 1.21. The molecule has 1 atom stereocenters. The highest BCUT2D eigenvalue weighted by molar-refractivity contribution is 5.01. The van der Waals surface area contributed by atoms with E-state index in [2.05, 4.69) is 25.7 Å². The summed E-state index contributed by atoms with van der Waals surface area (Å²) in [6, 6.07) is 0. The fraction of sp³-hybridized carbons (Fsp3) is 1.00. The standard InChI is InChI=1S/C32H59NO2/c1-31(2,3)26-18-16-25(17-19-26)30(34)15-10-22-33-23-20-29(21-24-33)32(35,27-11-6-4-7-12-27)28-13-8-5-9-14-28/h25-30,34-35H,4-24H2,1-3H3/t25?,26?,30-/m1/s1. The van der Waals surface area contributed by atoms with Gasteiger partial charge in [-0.2, -0.15) is 0 Å². The van der Waals surface area contributed by atoms with Crippen LogP contribution in [0.15, 0.2) is 0 Å². The minimum absolute atomic E-state index is 0.101. The Morgan fingerprint density at radius 1 is 0.657 bits per heavy atom. The molecule has 3 heteroatoms. The maximum atomic E-state index is 12.4. The molecule has 3 aliphatic carbocycles. The summed E-state index contributed by atoms with van der Waals surface area (Å²) in [5.74, 6) is 2.97. The molecule has 0 aromatic heterocycles. The zero-order valence-electron chi connectivity index (χ0n) is 23.7. The van der Waals surface area contributed by atoms with Crippen LogP contribution in [0.5, 0.6) is 0 Å². The van der Waals surface area contributed by atoms with E-state index >= 15 is 0 Å². The van der Waals surface area contributed by atoms with Crippen molar-refractivity contribution < 1.29 is 10.2 Å². The monoisotopic (exact) mass is 489 g/mol. The Labute approximate surface area is 217 Å². The van der Waals surface area contributed by atoms with Gasteiger partial charge >= 0.3 is 0 Å². The summed E-state index contributed by atoms with van der Waals surface area (Å²) in [4.78, 5) is 2.64. The third-order valence-corrected chi connectivity index (χ3v) is 11.3. The summed E-state index contributed by atoms with van der Waals surface area (Å²) in [6.45, 7) is 10.6. The van der Waals surface area contributed by atoms with Crippen molar-refractivity contribution in [3.05, 3.63) is 0 Å². The lowest BCUT2D eigenvalue weighted by atomic mass is 9.59. The molecule has 0 aromatic carbocycles.